The first-order chi connectivity index (χ1) is 8.70. The number of aryl methyl sites for hydroxylation is 1. The molecule has 1 fully saturated rings. The van der Waals surface area contributed by atoms with Crippen molar-refractivity contribution in [2.75, 3.05) is 19.6 Å². The average molecular weight is 251 g/mol. The highest BCUT2D eigenvalue weighted by Crippen LogP contribution is 2.17. The summed E-state index contributed by atoms with van der Waals surface area (Å²) in [5, 5.41) is 11.7. The first-order valence-electron chi connectivity index (χ1n) is 6.38. The molecular weight excluding hydrogens is 230 g/mol. The van der Waals surface area contributed by atoms with E-state index in [1.54, 1.807) is 0 Å². The van der Waals surface area contributed by atoms with Crippen LogP contribution in [0.15, 0.2) is 17.5 Å². The lowest BCUT2D eigenvalue weighted by Gasteiger charge is -2.31. The van der Waals surface area contributed by atoms with Gasteiger partial charge in [-0.05, 0) is 32.9 Å². The number of nitrogens with zero attached hydrogens (tertiary/aromatic N) is 4. The third kappa shape index (κ3) is 3.01. The summed E-state index contributed by atoms with van der Waals surface area (Å²) in [5.41, 5.74) is 5.63. The molecule has 100 valence electrons. The van der Waals surface area contributed by atoms with E-state index in [0.29, 0.717) is 5.84 Å². The van der Waals surface area contributed by atoms with Gasteiger partial charge in [0.25, 0.3) is 0 Å². The minimum atomic E-state index is 0.237. The molecule has 1 aromatic rings. The third-order valence-corrected chi connectivity index (χ3v) is 3.70. The minimum Gasteiger partial charge on any atom is -0.409 e. The lowest BCUT2D eigenvalue weighted by atomic mass is 9.96. The molecule has 1 aliphatic heterocycles. The number of piperidine rings is 1. The van der Waals surface area contributed by atoms with E-state index >= 15 is 0 Å². The molecule has 1 aliphatic rings. The Hall–Kier alpha value is -1.56. The zero-order valence-corrected chi connectivity index (χ0v) is 10.8. The molecule has 0 spiro atoms. The maximum atomic E-state index is 8.65. The van der Waals surface area contributed by atoms with Crippen molar-refractivity contribution in [1.82, 2.24) is 14.5 Å². The predicted molar refractivity (Wildman–Crippen MR) is 69.5 cm³/mol. The van der Waals surface area contributed by atoms with Gasteiger partial charge in [-0.2, -0.15) is 0 Å². The summed E-state index contributed by atoms with van der Waals surface area (Å²) in [6.07, 6.45) is 5.79. The van der Waals surface area contributed by atoms with Crippen LogP contribution in [0.5, 0.6) is 0 Å². The molecule has 2 rings (SSSR count). The molecule has 0 amide bonds. The lowest BCUT2D eigenvalue weighted by Crippen LogP contribution is -2.40. The second-order valence-corrected chi connectivity index (χ2v) is 4.81. The molecule has 1 saturated heterocycles. The van der Waals surface area contributed by atoms with E-state index in [1.807, 2.05) is 19.3 Å². The van der Waals surface area contributed by atoms with Gasteiger partial charge in [0.2, 0.25) is 0 Å². The van der Waals surface area contributed by atoms with E-state index in [0.717, 1.165) is 44.8 Å². The summed E-state index contributed by atoms with van der Waals surface area (Å²) < 4.78 is 2.16. The number of hydrogen-bond acceptors (Lipinski definition) is 4. The number of likely N-dealkylation sites (tertiary alicyclic amines) is 1. The highest BCUT2D eigenvalue weighted by Gasteiger charge is 2.21. The number of amidine groups is 1. The van der Waals surface area contributed by atoms with Gasteiger partial charge in [-0.15, -0.1) is 0 Å². The number of aromatic nitrogens is 2. The standard InChI is InChI=1S/C12H21N5O/c1-10-14-4-7-17(10)9-8-16-5-2-11(3-6-16)12(13)15-18/h4,7,11,18H,2-3,5-6,8-9H2,1H3,(H2,13,15). The van der Waals surface area contributed by atoms with E-state index in [4.69, 9.17) is 10.9 Å². The molecule has 1 aromatic heterocycles. The van der Waals surface area contributed by atoms with E-state index in [9.17, 15) is 0 Å². The van der Waals surface area contributed by atoms with Crippen molar-refractivity contribution in [3.8, 4) is 0 Å². The second kappa shape index (κ2) is 5.86. The van der Waals surface area contributed by atoms with E-state index in [1.165, 1.54) is 0 Å². The van der Waals surface area contributed by atoms with Crippen LogP contribution in [0.3, 0.4) is 0 Å². The quantitative estimate of drug-likeness (QED) is 0.356. The Balaban J connectivity index is 1.76. The summed E-state index contributed by atoms with van der Waals surface area (Å²) in [6.45, 7) is 6.04. The topological polar surface area (TPSA) is 79.7 Å². The van der Waals surface area contributed by atoms with Crippen LogP contribution in [-0.4, -0.2) is 45.1 Å². The van der Waals surface area contributed by atoms with E-state index in [2.05, 4.69) is 19.6 Å². The first kappa shape index (κ1) is 12.9. The van der Waals surface area contributed by atoms with Crippen molar-refractivity contribution in [3.63, 3.8) is 0 Å². The van der Waals surface area contributed by atoms with Crippen LogP contribution in [0.1, 0.15) is 18.7 Å². The zero-order chi connectivity index (χ0) is 13.0. The van der Waals surface area contributed by atoms with Crippen molar-refractivity contribution < 1.29 is 5.21 Å². The Bertz CT molecular complexity index is 406. The van der Waals surface area contributed by atoms with Crippen molar-refractivity contribution in [2.45, 2.75) is 26.3 Å². The van der Waals surface area contributed by atoms with Gasteiger partial charge >= 0.3 is 0 Å². The van der Waals surface area contributed by atoms with Gasteiger partial charge in [0.1, 0.15) is 11.7 Å². The highest BCUT2D eigenvalue weighted by atomic mass is 16.4. The Kier molecular flexibility index (Phi) is 4.19. The third-order valence-electron chi connectivity index (χ3n) is 3.70. The minimum absolute atomic E-state index is 0.237. The monoisotopic (exact) mass is 251 g/mol. The van der Waals surface area contributed by atoms with Crippen LogP contribution in [-0.2, 0) is 6.54 Å². The number of imidazole rings is 1. The second-order valence-electron chi connectivity index (χ2n) is 4.81. The molecule has 0 aromatic carbocycles. The maximum Gasteiger partial charge on any atom is 0.142 e. The summed E-state index contributed by atoms with van der Waals surface area (Å²) in [6, 6.07) is 0. The van der Waals surface area contributed by atoms with Crippen molar-refractivity contribution >= 4 is 5.84 Å². The number of oxime groups is 1. The number of rotatable bonds is 4. The van der Waals surface area contributed by atoms with E-state index < -0.39 is 0 Å². The molecule has 6 nitrogen and oxygen atoms in total. The molecule has 0 radical (unpaired) electrons. The van der Waals surface area contributed by atoms with Gasteiger partial charge < -0.3 is 20.4 Å². The summed E-state index contributed by atoms with van der Waals surface area (Å²) in [7, 11) is 0. The van der Waals surface area contributed by atoms with Gasteiger partial charge in [-0.3, -0.25) is 0 Å². The average Bonchev–Trinajstić information content (AvgIpc) is 2.81. The summed E-state index contributed by atoms with van der Waals surface area (Å²) >= 11 is 0. The molecule has 18 heavy (non-hydrogen) atoms. The van der Waals surface area contributed by atoms with E-state index in [-0.39, 0.29) is 5.92 Å². The van der Waals surface area contributed by atoms with Crippen LogP contribution >= 0.6 is 0 Å². The first-order valence-corrected chi connectivity index (χ1v) is 6.38. The molecule has 0 bridgehead atoms. The Morgan fingerprint density at radius 1 is 1.50 bits per heavy atom. The fourth-order valence-electron chi connectivity index (χ4n) is 2.42. The smallest absolute Gasteiger partial charge is 0.142 e. The van der Waals surface area contributed by atoms with Crippen molar-refractivity contribution in [3.05, 3.63) is 18.2 Å². The number of nitrogens with two attached hydrogens (primary N) is 1. The summed E-state index contributed by atoms with van der Waals surface area (Å²) in [5.74, 6) is 1.67. The maximum absolute atomic E-state index is 8.65. The molecule has 3 N–H and O–H groups in total. The van der Waals surface area contributed by atoms with Crippen LogP contribution < -0.4 is 5.73 Å². The molecular formula is C12H21N5O. The predicted octanol–water partition coefficient (Wildman–Crippen LogP) is 0.650. The van der Waals surface area contributed by atoms with Crippen LogP contribution in [0.25, 0.3) is 0 Å². The Morgan fingerprint density at radius 3 is 2.78 bits per heavy atom. The van der Waals surface area contributed by atoms with Gasteiger partial charge in [-0.25, -0.2) is 4.98 Å². The largest absolute Gasteiger partial charge is 0.409 e. The van der Waals surface area contributed by atoms with Gasteiger partial charge in [0.05, 0.1) is 0 Å². The van der Waals surface area contributed by atoms with Crippen molar-refractivity contribution in [1.29, 1.82) is 0 Å². The highest BCUT2D eigenvalue weighted by molar-refractivity contribution is 5.82. The van der Waals surface area contributed by atoms with Crippen LogP contribution in [0, 0.1) is 12.8 Å². The Labute approximate surface area is 107 Å². The molecule has 2 heterocycles. The van der Waals surface area contributed by atoms with Gasteiger partial charge in [0.15, 0.2) is 0 Å². The van der Waals surface area contributed by atoms with Crippen LogP contribution in [0.2, 0.25) is 0 Å². The normalized spacial score (nSPS) is 19.3. The van der Waals surface area contributed by atoms with Gasteiger partial charge in [0, 0.05) is 31.4 Å². The molecule has 0 atom stereocenters. The van der Waals surface area contributed by atoms with Crippen LogP contribution in [0.4, 0.5) is 0 Å². The zero-order valence-electron chi connectivity index (χ0n) is 10.8. The summed E-state index contributed by atoms with van der Waals surface area (Å²) in [4.78, 5) is 6.63. The lowest BCUT2D eigenvalue weighted by molar-refractivity contribution is 0.199. The SMILES string of the molecule is Cc1nccn1CCN1CCC(C(N)=NO)CC1. The fraction of sp³-hybridized carbons (Fsp3) is 0.667. The Morgan fingerprint density at radius 2 is 2.22 bits per heavy atom. The fourth-order valence-corrected chi connectivity index (χ4v) is 2.42. The number of hydrogen-bond donors (Lipinski definition) is 2. The van der Waals surface area contributed by atoms with Crippen molar-refractivity contribution in [2.24, 2.45) is 16.8 Å². The molecule has 0 saturated carbocycles. The molecule has 6 heteroatoms. The molecule has 0 aliphatic carbocycles. The molecule has 0 unspecified atom stereocenters. The van der Waals surface area contributed by atoms with Gasteiger partial charge in [-0.1, -0.05) is 5.16 Å².